The van der Waals surface area contributed by atoms with Gasteiger partial charge in [0.1, 0.15) is 12.4 Å². The molecule has 2 aromatic rings. The largest absolute Gasteiger partial charge is 0.489 e. The van der Waals surface area contributed by atoms with Gasteiger partial charge in [-0.05, 0) is 55.8 Å². The third-order valence-corrected chi connectivity index (χ3v) is 2.79. The van der Waals surface area contributed by atoms with E-state index in [0.717, 1.165) is 11.3 Å². The summed E-state index contributed by atoms with van der Waals surface area (Å²) in [6, 6.07) is 14.4. The van der Waals surface area contributed by atoms with Gasteiger partial charge in [-0.25, -0.2) is 4.79 Å². The molecule has 0 saturated heterocycles. The van der Waals surface area contributed by atoms with Gasteiger partial charge >= 0.3 is 5.97 Å². The maximum Gasteiger partial charge on any atom is 0.338 e. The molecular weight excluding hydrogens is 266 g/mol. The molecule has 0 fully saturated rings. The van der Waals surface area contributed by atoms with Crippen LogP contribution in [0.5, 0.6) is 5.75 Å². The van der Waals surface area contributed by atoms with Crippen LogP contribution in [-0.2, 0) is 11.3 Å². The van der Waals surface area contributed by atoms with E-state index in [4.69, 9.17) is 15.2 Å². The molecular formula is C17H19NO3. The van der Waals surface area contributed by atoms with Gasteiger partial charge in [0.2, 0.25) is 0 Å². The fraction of sp³-hybridized carbons (Fsp3) is 0.235. The number of nitrogens with two attached hydrogens (primary N) is 1. The SMILES string of the molecule is CC(C)OC(=O)c1cccc(COc2ccc(N)cc2)c1. The number of nitrogen functional groups attached to an aromatic ring is 1. The molecule has 0 aliphatic rings. The fourth-order valence-corrected chi connectivity index (χ4v) is 1.80. The lowest BCUT2D eigenvalue weighted by molar-refractivity contribution is 0.0377. The Balaban J connectivity index is 2.00. The van der Waals surface area contributed by atoms with Crippen LogP contribution in [0, 0.1) is 0 Å². The number of hydrogen-bond donors (Lipinski definition) is 1. The Morgan fingerprint density at radius 2 is 1.86 bits per heavy atom. The molecule has 0 heterocycles. The molecule has 2 aromatic carbocycles. The Kier molecular flexibility index (Phi) is 4.82. The summed E-state index contributed by atoms with van der Waals surface area (Å²) in [6.07, 6.45) is -0.132. The summed E-state index contributed by atoms with van der Waals surface area (Å²) in [7, 11) is 0. The van der Waals surface area contributed by atoms with Crippen molar-refractivity contribution in [2.24, 2.45) is 0 Å². The van der Waals surface area contributed by atoms with E-state index in [-0.39, 0.29) is 12.1 Å². The average Bonchev–Trinajstić information content (AvgIpc) is 2.46. The monoisotopic (exact) mass is 285 g/mol. The number of anilines is 1. The smallest absolute Gasteiger partial charge is 0.338 e. The summed E-state index contributed by atoms with van der Waals surface area (Å²) in [5.41, 5.74) is 7.75. The van der Waals surface area contributed by atoms with Gasteiger partial charge in [0.05, 0.1) is 11.7 Å². The minimum absolute atomic E-state index is 0.132. The van der Waals surface area contributed by atoms with Gasteiger partial charge in [0.25, 0.3) is 0 Å². The quantitative estimate of drug-likeness (QED) is 0.675. The summed E-state index contributed by atoms with van der Waals surface area (Å²) in [4.78, 5) is 11.8. The van der Waals surface area contributed by atoms with Crippen LogP contribution in [0.15, 0.2) is 48.5 Å². The van der Waals surface area contributed by atoms with Gasteiger partial charge in [0, 0.05) is 5.69 Å². The van der Waals surface area contributed by atoms with Gasteiger partial charge in [-0.3, -0.25) is 0 Å². The van der Waals surface area contributed by atoms with Crippen LogP contribution < -0.4 is 10.5 Å². The van der Waals surface area contributed by atoms with Crippen molar-refractivity contribution in [1.29, 1.82) is 0 Å². The molecule has 0 amide bonds. The Bertz CT molecular complexity index is 606. The normalized spacial score (nSPS) is 10.4. The zero-order valence-electron chi connectivity index (χ0n) is 12.2. The number of carbonyl (C=O) groups is 1. The number of esters is 1. The van der Waals surface area contributed by atoms with Crippen molar-refractivity contribution >= 4 is 11.7 Å². The van der Waals surface area contributed by atoms with Crippen LogP contribution in [0.1, 0.15) is 29.8 Å². The minimum Gasteiger partial charge on any atom is -0.489 e. The van der Waals surface area contributed by atoms with Gasteiger partial charge in [0.15, 0.2) is 0 Å². The average molecular weight is 285 g/mol. The Labute approximate surface area is 124 Å². The van der Waals surface area contributed by atoms with Crippen LogP contribution in [0.2, 0.25) is 0 Å². The molecule has 0 aliphatic carbocycles. The molecule has 0 spiro atoms. The predicted octanol–water partition coefficient (Wildman–Crippen LogP) is 3.41. The molecule has 0 unspecified atom stereocenters. The Morgan fingerprint density at radius 3 is 2.52 bits per heavy atom. The standard InChI is InChI=1S/C17H19NO3/c1-12(2)21-17(19)14-5-3-4-13(10-14)11-20-16-8-6-15(18)7-9-16/h3-10,12H,11,18H2,1-2H3. The van der Waals surface area contributed by atoms with Crippen LogP contribution in [0.4, 0.5) is 5.69 Å². The molecule has 0 atom stereocenters. The minimum atomic E-state index is -0.320. The highest BCUT2D eigenvalue weighted by atomic mass is 16.5. The lowest BCUT2D eigenvalue weighted by atomic mass is 10.1. The number of carbonyl (C=O) groups excluding carboxylic acids is 1. The van der Waals surface area contributed by atoms with Gasteiger partial charge in [-0.15, -0.1) is 0 Å². The van der Waals surface area contributed by atoms with Gasteiger partial charge < -0.3 is 15.2 Å². The first-order chi connectivity index (χ1) is 10.0. The van der Waals surface area contributed by atoms with Gasteiger partial charge in [-0.2, -0.15) is 0 Å². The van der Waals surface area contributed by atoms with Crippen LogP contribution in [-0.4, -0.2) is 12.1 Å². The number of benzene rings is 2. The van der Waals surface area contributed by atoms with Crippen LogP contribution in [0.25, 0.3) is 0 Å². The number of hydrogen-bond acceptors (Lipinski definition) is 4. The predicted molar refractivity (Wildman–Crippen MR) is 82.2 cm³/mol. The Morgan fingerprint density at radius 1 is 1.14 bits per heavy atom. The van der Waals surface area contributed by atoms with E-state index in [1.807, 2.05) is 38.1 Å². The van der Waals surface area contributed by atoms with Crippen LogP contribution >= 0.6 is 0 Å². The summed E-state index contributed by atoms with van der Waals surface area (Å²) >= 11 is 0. The lowest BCUT2D eigenvalue weighted by Gasteiger charge is -2.10. The second-order valence-electron chi connectivity index (χ2n) is 5.01. The maximum absolute atomic E-state index is 11.8. The molecule has 4 nitrogen and oxygen atoms in total. The Hall–Kier alpha value is -2.49. The zero-order valence-corrected chi connectivity index (χ0v) is 12.2. The van der Waals surface area contributed by atoms with Crippen molar-refractivity contribution in [2.45, 2.75) is 26.6 Å². The van der Waals surface area contributed by atoms with Crippen molar-refractivity contribution in [1.82, 2.24) is 0 Å². The molecule has 21 heavy (non-hydrogen) atoms. The van der Waals surface area contributed by atoms with Gasteiger partial charge in [-0.1, -0.05) is 12.1 Å². The van der Waals surface area contributed by atoms with Crippen molar-refractivity contribution < 1.29 is 14.3 Å². The molecule has 0 bridgehead atoms. The van der Waals surface area contributed by atoms with E-state index < -0.39 is 0 Å². The molecule has 0 aliphatic heterocycles. The molecule has 110 valence electrons. The second kappa shape index (κ2) is 6.79. The highest BCUT2D eigenvalue weighted by Gasteiger charge is 2.09. The lowest BCUT2D eigenvalue weighted by Crippen LogP contribution is -2.12. The fourth-order valence-electron chi connectivity index (χ4n) is 1.80. The van der Waals surface area contributed by atoms with E-state index in [2.05, 4.69) is 0 Å². The first kappa shape index (κ1) is 14.9. The summed E-state index contributed by atoms with van der Waals surface area (Å²) in [6.45, 7) is 4.03. The third-order valence-electron chi connectivity index (χ3n) is 2.79. The maximum atomic E-state index is 11.8. The zero-order chi connectivity index (χ0) is 15.2. The third kappa shape index (κ3) is 4.53. The first-order valence-corrected chi connectivity index (χ1v) is 6.83. The highest BCUT2D eigenvalue weighted by Crippen LogP contribution is 2.16. The summed E-state index contributed by atoms with van der Waals surface area (Å²) in [5, 5.41) is 0. The topological polar surface area (TPSA) is 61.5 Å². The highest BCUT2D eigenvalue weighted by molar-refractivity contribution is 5.89. The van der Waals surface area contributed by atoms with Crippen molar-refractivity contribution in [3.63, 3.8) is 0 Å². The molecule has 0 radical (unpaired) electrons. The summed E-state index contributed by atoms with van der Waals surface area (Å²) in [5.74, 6) is 0.415. The summed E-state index contributed by atoms with van der Waals surface area (Å²) < 4.78 is 10.8. The molecule has 4 heteroatoms. The van der Waals surface area contributed by atoms with Crippen LogP contribution in [0.3, 0.4) is 0 Å². The van der Waals surface area contributed by atoms with E-state index in [1.165, 1.54) is 0 Å². The van der Waals surface area contributed by atoms with E-state index in [0.29, 0.717) is 17.9 Å². The molecule has 0 aromatic heterocycles. The first-order valence-electron chi connectivity index (χ1n) is 6.83. The van der Waals surface area contributed by atoms with Crippen molar-refractivity contribution in [2.75, 3.05) is 5.73 Å². The van der Waals surface area contributed by atoms with E-state index in [9.17, 15) is 4.79 Å². The number of ether oxygens (including phenoxy) is 2. The second-order valence-corrected chi connectivity index (χ2v) is 5.01. The van der Waals surface area contributed by atoms with E-state index >= 15 is 0 Å². The molecule has 2 N–H and O–H groups in total. The van der Waals surface area contributed by atoms with E-state index in [1.54, 1.807) is 24.3 Å². The van der Waals surface area contributed by atoms with Crippen molar-refractivity contribution in [3.8, 4) is 5.75 Å². The number of rotatable bonds is 5. The van der Waals surface area contributed by atoms with Crippen molar-refractivity contribution in [3.05, 3.63) is 59.7 Å². The molecule has 2 rings (SSSR count). The molecule has 0 saturated carbocycles.